The van der Waals surface area contributed by atoms with Gasteiger partial charge in [0.25, 0.3) is 0 Å². The monoisotopic (exact) mass is 251 g/mol. The first-order valence-corrected chi connectivity index (χ1v) is 5.26. The van der Waals surface area contributed by atoms with Crippen molar-refractivity contribution in [2.24, 2.45) is 0 Å². The lowest BCUT2D eigenvalue weighted by atomic mass is 10.1. The predicted octanol–water partition coefficient (Wildman–Crippen LogP) is 2.02. The van der Waals surface area contributed by atoms with E-state index >= 15 is 0 Å². The minimum atomic E-state index is -4.21. The highest BCUT2D eigenvalue weighted by Gasteiger charge is 2.29. The van der Waals surface area contributed by atoms with E-state index in [1.165, 1.54) is 0 Å². The predicted molar refractivity (Wildman–Crippen MR) is 55.3 cm³/mol. The van der Waals surface area contributed by atoms with Crippen LogP contribution in [0.15, 0.2) is 0 Å². The third-order valence-corrected chi connectivity index (χ3v) is 2.24. The number of nitrogens with zero attached hydrogens (tertiary/aromatic N) is 3. The Kier molecular flexibility index (Phi) is 3.81. The molecule has 7 heteroatoms. The topological polar surface area (TPSA) is 50.9 Å². The minimum Gasteiger partial charge on any atom is -0.388 e. The molecule has 0 radical (unpaired) electrons. The van der Waals surface area contributed by atoms with Gasteiger partial charge < -0.3 is 9.67 Å². The SMILES string of the molecule is CC(C)(C)n1c(CO)nnc1CCC(F)(F)F. The molecule has 0 aliphatic heterocycles. The van der Waals surface area contributed by atoms with E-state index in [1.807, 2.05) is 20.8 Å². The van der Waals surface area contributed by atoms with Crippen molar-refractivity contribution in [3.8, 4) is 0 Å². The Hall–Kier alpha value is -1.11. The summed E-state index contributed by atoms with van der Waals surface area (Å²) in [7, 11) is 0. The normalized spacial score (nSPS) is 13.1. The van der Waals surface area contributed by atoms with E-state index in [-0.39, 0.29) is 24.7 Å². The van der Waals surface area contributed by atoms with Crippen molar-refractivity contribution in [1.29, 1.82) is 0 Å². The number of alkyl halides is 3. The van der Waals surface area contributed by atoms with Crippen molar-refractivity contribution in [1.82, 2.24) is 14.8 Å². The molecule has 4 nitrogen and oxygen atoms in total. The van der Waals surface area contributed by atoms with Gasteiger partial charge in [-0.05, 0) is 20.8 Å². The van der Waals surface area contributed by atoms with Crippen LogP contribution in [0.4, 0.5) is 13.2 Å². The van der Waals surface area contributed by atoms with E-state index in [9.17, 15) is 13.2 Å². The van der Waals surface area contributed by atoms with Crippen molar-refractivity contribution in [2.75, 3.05) is 0 Å². The van der Waals surface area contributed by atoms with Crippen LogP contribution in [0.1, 0.15) is 38.8 Å². The number of aryl methyl sites for hydroxylation is 1. The average Bonchev–Trinajstić information content (AvgIpc) is 2.55. The van der Waals surface area contributed by atoms with Gasteiger partial charge in [0.15, 0.2) is 5.82 Å². The molecule has 0 amide bonds. The molecule has 1 heterocycles. The summed E-state index contributed by atoms with van der Waals surface area (Å²) in [6, 6.07) is 0. The first kappa shape index (κ1) is 14.0. The average molecular weight is 251 g/mol. The highest BCUT2D eigenvalue weighted by Crippen LogP contribution is 2.24. The summed E-state index contributed by atoms with van der Waals surface area (Å²) in [5.41, 5.74) is -0.456. The molecule has 0 spiro atoms. The van der Waals surface area contributed by atoms with Gasteiger partial charge in [-0.25, -0.2) is 0 Å². The number of rotatable bonds is 3. The summed E-state index contributed by atoms with van der Waals surface area (Å²) in [6.07, 6.45) is -5.38. The molecule has 0 saturated heterocycles. The van der Waals surface area contributed by atoms with E-state index < -0.39 is 18.1 Å². The standard InChI is InChI=1S/C10H16F3N3O/c1-9(2,3)16-7(4-5-10(11,12)13)14-15-8(16)6-17/h17H,4-6H2,1-3H3. The fourth-order valence-corrected chi connectivity index (χ4v) is 1.65. The van der Waals surface area contributed by atoms with Crippen molar-refractivity contribution in [2.45, 2.75) is 51.9 Å². The molecule has 0 bridgehead atoms. The smallest absolute Gasteiger partial charge is 0.388 e. The van der Waals surface area contributed by atoms with Crippen molar-refractivity contribution >= 4 is 0 Å². The largest absolute Gasteiger partial charge is 0.389 e. The first-order chi connectivity index (χ1) is 7.65. The summed E-state index contributed by atoms with van der Waals surface area (Å²) in [5, 5.41) is 16.5. The number of aliphatic hydroxyl groups excluding tert-OH is 1. The Morgan fingerprint density at radius 1 is 1.12 bits per heavy atom. The van der Waals surface area contributed by atoms with Crippen LogP contribution in [-0.2, 0) is 18.6 Å². The van der Waals surface area contributed by atoms with Gasteiger partial charge in [0.1, 0.15) is 12.4 Å². The zero-order valence-corrected chi connectivity index (χ0v) is 10.0. The Balaban J connectivity index is 2.97. The molecule has 0 aliphatic rings. The minimum absolute atomic E-state index is 0.228. The quantitative estimate of drug-likeness (QED) is 0.894. The Labute approximate surface area is 97.5 Å². The van der Waals surface area contributed by atoms with Crippen molar-refractivity contribution < 1.29 is 18.3 Å². The fraction of sp³-hybridized carbons (Fsp3) is 0.800. The van der Waals surface area contributed by atoms with Gasteiger partial charge in [0.05, 0.1) is 6.42 Å². The summed E-state index contributed by atoms with van der Waals surface area (Å²) in [5.74, 6) is 0.536. The highest BCUT2D eigenvalue weighted by atomic mass is 19.4. The van der Waals surface area contributed by atoms with Gasteiger partial charge >= 0.3 is 6.18 Å². The second kappa shape index (κ2) is 4.64. The molecule has 1 aromatic heterocycles. The van der Waals surface area contributed by atoms with Gasteiger partial charge in [-0.1, -0.05) is 0 Å². The van der Waals surface area contributed by atoms with E-state index in [0.29, 0.717) is 0 Å². The van der Waals surface area contributed by atoms with Crippen LogP contribution in [-0.4, -0.2) is 26.0 Å². The van der Waals surface area contributed by atoms with Crippen LogP contribution in [0.25, 0.3) is 0 Å². The van der Waals surface area contributed by atoms with Gasteiger partial charge in [-0.3, -0.25) is 0 Å². The zero-order valence-electron chi connectivity index (χ0n) is 10.0. The van der Waals surface area contributed by atoms with Gasteiger partial charge in [-0.2, -0.15) is 13.2 Å². The van der Waals surface area contributed by atoms with Crippen LogP contribution in [0.5, 0.6) is 0 Å². The van der Waals surface area contributed by atoms with E-state index in [4.69, 9.17) is 5.11 Å². The summed E-state index contributed by atoms with van der Waals surface area (Å²) in [4.78, 5) is 0. The second-order valence-electron chi connectivity index (χ2n) is 4.81. The molecule has 1 N–H and O–H groups in total. The maximum absolute atomic E-state index is 12.2. The van der Waals surface area contributed by atoms with Crippen LogP contribution in [0.3, 0.4) is 0 Å². The molecule has 0 aliphatic carbocycles. The summed E-state index contributed by atoms with van der Waals surface area (Å²) < 4.78 is 38.0. The third kappa shape index (κ3) is 3.69. The van der Waals surface area contributed by atoms with E-state index in [2.05, 4.69) is 10.2 Å². The van der Waals surface area contributed by atoms with Crippen molar-refractivity contribution in [3.05, 3.63) is 11.6 Å². The molecule has 0 atom stereocenters. The number of aromatic nitrogens is 3. The zero-order chi connectivity index (χ0) is 13.3. The van der Waals surface area contributed by atoms with E-state index in [0.717, 1.165) is 0 Å². The number of hydrogen-bond donors (Lipinski definition) is 1. The molecule has 98 valence electrons. The number of halogens is 3. The van der Waals surface area contributed by atoms with Crippen LogP contribution < -0.4 is 0 Å². The van der Waals surface area contributed by atoms with Crippen LogP contribution in [0, 0.1) is 0 Å². The Bertz CT molecular complexity index is 379. The van der Waals surface area contributed by atoms with Crippen LogP contribution in [0.2, 0.25) is 0 Å². The number of aliphatic hydroxyl groups is 1. The molecule has 17 heavy (non-hydrogen) atoms. The van der Waals surface area contributed by atoms with E-state index in [1.54, 1.807) is 4.57 Å². The molecule has 0 fully saturated rings. The first-order valence-electron chi connectivity index (χ1n) is 5.26. The molecule has 1 rings (SSSR count). The maximum Gasteiger partial charge on any atom is 0.389 e. The molecule has 1 aromatic rings. The molecule has 0 saturated carbocycles. The molecular formula is C10H16F3N3O. The van der Waals surface area contributed by atoms with Gasteiger partial charge in [0.2, 0.25) is 0 Å². The van der Waals surface area contributed by atoms with Crippen LogP contribution >= 0.6 is 0 Å². The van der Waals surface area contributed by atoms with Crippen molar-refractivity contribution in [3.63, 3.8) is 0 Å². The lowest BCUT2D eigenvalue weighted by Gasteiger charge is -2.24. The fourth-order valence-electron chi connectivity index (χ4n) is 1.65. The Morgan fingerprint density at radius 3 is 2.06 bits per heavy atom. The Morgan fingerprint density at radius 2 is 1.65 bits per heavy atom. The summed E-state index contributed by atoms with van der Waals surface area (Å²) in [6.45, 7) is 5.14. The third-order valence-electron chi connectivity index (χ3n) is 2.24. The highest BCUT2D eigenvalue weighted by molar-refractivity contribution is 5.01. The molecule has 0 unspecified atom stereocenters. The number of hydrogen-bond acceptors (Lipinski definition) is 3. The lowest BCUT2D eigenvalue weighted by molar-refractivity contribution is -0.134. The molecular weight excluding hydrogens is 235 g/mol. The summed E-state index contributed by atoms with van der Waals surface area (Å²) >= 11 is 0. The second-order valence-corrected chi connectivity index (χ2v) is 4.81. The molecule has 0 aromatic carbocycles. The van der Waals surface area contributed by atoms with Gasteiger partial charge in [0, 0.05) is 12.0 Å². The van der Waals surface area contributed by atoms with Gasteiger partial charge in [-0.15, -0.1) is 10.2 Å². The maximum atomic E-state index is 12.2. The lowest BCUT2D eigenvalue weighted by Crippen LogP contribution is -2.27.